The summed E-state index contributed by atoms with van der Waals surface area (Å²) in [6.07, 6.45) is 0.812. The molecule has 0 saturated heterocycles. The van der Waals surface area contributed by atoms with Gasteiger partial charge < -0.3 is 14.5 Å². The fraction of sp³-hybridized carbons (Fsp3) is 0.357. The molecular formula is C28H31ClN2O3S. The van der Waals surface area contributed by atoms with Crippen LogP contribution in [0.2, 0.25) is 5.02 Å². The van der Waals surface area contributed by atoms with Crippen LogP contribution in [0.25, 0.3) is 0 Å². The maximum atomic E-state index is 13.7. The molecule has 0 radical (unpaired) electrons. The van der Waals surface area contributed by atoms with E-state index >= 15 is 0 Å². The molecule has 5 nitrogen and oxygen atoms in total. The number of carbonyl (C=O) groups is 2. The van der Waals surface area contributed by atoms with Crippen molar-refractivity contribution in [3.05, 3.63) is 86.6 Å². The first-order chi connectivity index (χ1) is 16.8. The summed E-state index contributed by atoms with van der Waals surface area (Å²) in [5.74, 6) is 0.780. The van der Waals surface area contributed by atoms with Crippen molar-refractivity contribution in [3.63, 3.8) is 0 Å². The lowest BCUT2D eigenvalue weighted by Gasteiger charge is -2.37. The first kappa shape index (κ1) is 25.3. The van der Waals surface area contributed by atoms with E-state index in [1.807, 2.05) is 49.9 Å². The minimum absolute atomic E-state index is 0.0177. The van der Waals surface area contributed by atoms with Gasteiger partial charge >= 0.3 is 0 Å². The number of halogens is 1. The predicted molar refractivity (Wildman–Crippen MR) is 141 cm³/mol. The highest BCUT2D eigenvalue weighted by atomic mass is 35.5. The molecule has 1 unspecified atom stereocenters. The van der Waals surface area contributed by atoms with Crippen molar-refractivity contribution in [2.75, 3.05) is 26.2 Å². The number of carbonyl (C=O) groups excluding carboxylic acids is 2. The Hall–Kier alpha value is -2.83. The van der Waals surface area contributed by atoms with E-state index in [4.69, 9.17) is 16.3 Å². The monoisotopic (exact) mass is 510 g/mol. The second-order valence-electron chi connectivity index (χ2n) is 9.32. The first-order valence-corrected chi connectivity index (χ1v) is 13.2. The highest BCUT2D eigenvalue weighted by molar-refractivity contribution is 7.10. The molecule has 0 N–H and O–H groups in total. The van der Waals surface area contributed by atoms with Crippen LogP contribution in [0.1, 0.15) is 46.3 Å². The summed E-state index contributed by atoms with van der Waals surface area (Å²) in [6.45, 7) is 7.57. The molecule has 0 aliphatic carbocycles. The fourth-order valence-electron chi connectivity index (χ4n) is 4.48. The molecule has 2 amide bonds. The quantitative estimate of drug-likeness (QED) is 0.372. The Morgan fingerprint density at radius 3 is 2.71 bits per heavy atom. The number of benzene rings is 2. The molecule has 1 aliphatic heterocycles. The van der Waals surface area contributed by atoms with Crippen LogP contribution in [0.4, 0.5) is 0 Å². The highest BCUT2D eigenvalue weighted by Crippen LogP contribution is 2.34. The zero-order valence-electron chi connectivity index (χ0n) is 20.4. The maximum absolute atomic E-state index is 13.7. The number of hydrogen-bond donors (Lipinski definition) is 0. The van der Waals surface area contributed by atoms with Crippen LogP contribution in [0.15, 0.2) is 60.0 Å². The summed E-state index contributed by atoms with van der Waals surface area (Å²) in [5.41, 5.74) is 2.69. The molecule has 7 heteroatoms. The molecule has 1 atom stereocenters. The summed E-state index contributed by atoms with van der Waals surface area (Å²) in [7, 11) is 0. The molecule has 3 aromatic rings. The molecule has 4 rings (SSSR count). The van der Waals surface area contributed by atoms with Gasteiger partial charge in [-0.2, -0.15) is 0 Å². The average Bonchev–Trinajstić information content (AvgIpc) is 3.31. The van der Waals surface area contributed by atoms with E-state index < -0.39 is 0 Å². The van der Waals surface area contributed by atoms with Crippen molar-refractivity contribution < 1.29 is 14.3 Å². The van der Waals surface area contributed by atoms with Crippen LogP contribution in [0, 0.1) is 12.8 Å². The van der Waals surface area contributed by atoms with Crippen LogP contribution in [-0.4, -0.2) is 47.9 Å². The summed E-state index contributed by atoms with van der Waals surface area (Å²) < 4.78 is 6.20. The van der Waals surface area contributed by atoms with Gasteiger partial charge in [0, 0.05) is 28.6 Å². The fourth-order valence-corrected chi connectivity index (χ4v) is 5.60. The van der Waals surface area contributed by atoms with Crippen molar-refractivity contribution in [2.24, 2.45) is 5.92 Å². The minimum atomic E-state index is -0.195. The average molecular weight is 511 g/mol. The van der Waals surface area contributed by atoms with E-state index in [0.29, 0.717) is 30.3 Å². The number of rotatable bonds is 8. The van der Waals surface area contributed by atoms with Crippen LogP contribution < -0.4 is 4.74 Å². The Labute approximate surface area is 216 Å². The van der Waals surface area contributed by atoms with Crippen LogP contribution in [-0.2, 0) is 11.2 Å². The number of thiophene rings is 1. The van der Waals surface area contributed by atoms with Gasteiger partial charge in [0.15, 0.2) is 0 Å². The third-order valence-corrected chi connectivity index (χ3v) is 7.41. The van der Waals surface area contributed by atoms with Crippen molar-refractivity contribution in [1.82, 2.24) is 9.80 Å². The lowest BCUT2D eigenvalue weighted by molar-refractivity contribution is -0.135. The van der Waals surface area contributed by atoms with Gasteiger partial charge in [0.2, 0.25) is 5.91 Å². The van der Waals surface area contributed by atoms with Crippen molar-refractivity contribution >= 4 is 34.8 Å². The number of para-hydroxylation sites is 1. The van der Waals surface area contributed by atoms with Gasteiger partial charge in [-0.25, -0.2) is 0 Å². The molecule has 35 heavy (non-hydrogen) atoms. The Morgan fingerprint density at radius 2 is 1.97 bits per heavy atom. The van der Waals surface area contributed by atoms with Crippen LogP contribution in [0.5, 0.6) is 5.75 Å². The summed E-state index contributed by atoms with van der Waals surface area (Å²) in [5, 5.41) is 2.58. The Morgan fingerprint density at radius 1 is 1.17 bits per heavy atom. The standard InChI is InChI=1S/C28H31ClN2O3S/c1-19(2)16-30(28(33)21-8-6-9-22(29)15-21)17-27(32)31-13-11-26-23(12-14-35-26)24(31)18-34-25-10-5-4-7-20(25)3/h4-10,12,14-15,19,24H,11,13,16-18H2,1-3H3. The summed E-state index contributed by atoms with van der Waals surface area (Å²) in [4.78, 5) is 31.8. The van der Waals surface area contributed by atoms with Crippen molar-refractivity contribution in [2.45, 2.75) is 33.2 Å². The van der Waals surface area contributed by atoms with E-state index in [1.54, 1.807) is 40.5 Å². The van der Waals surface area contributed by atoms with Gasteiger partial charge in [-0.15, -0.1) is 11.3 Å². The number of ether oxygens (including phenoxy) is 1. The molecule has 2 heterocycles. The molecular weight excluding hydrogens is 480 g/mol. The number of fused-ring (bicyclic) bond motifs is 1. The number of hydrogen-bond acceptors (Lipinski definition) is 4. The van der Waals surface area contributed by atoms with Gasteiger partial charge in [-0.1, -0.05) is 49.7 Å². The van der Waals surface area contributed by atoms with Gasteiger partial charge in [-0.05, 0) is 66.1 Å². The van der Waals surface area contributed by atoms with Crippen molar-refractivity contribution in [3.8, 4) is 5.75 Å². The largest absolute Gasteiger partial charge is 0.491 e. The Bertz CT molecular complexity index is 1190. The molecule has 2 aromatic carbocycles. The molecule has 1 aromatic heterocycles. The molecule has 0 saturated carbocycles. The smallest absolute Gasteiger partial charge is 0.254 e. The topological polar surface area (TPSA) is 49.9 Å². The van der Waals surface area contributed by atoms with E-state index in [1.165, 1.54) is 4.88 Å². The lowest BCUT2D eigenvalue weighted by Crippen LogP contribution is -2.48. The van der Waals surface area contributed by atoms with E-state index in [2.05, 4.69) is 11.4 Å². The highest BCUT2D eigenvalue weighted by Gasteiger charge is 2.34. The zero-order chi connectivity index (χ0) is 24.9. The third-order valence-electron chi connectivity index (χ3n) is 6.18. The number of nitrogens with zero attached hydrogens (tertiary/aromatic N) is 2. The van der Waals surface area contributed by atoms with Gasteiger partial charge in [0.05, 0.1) is 6.04 Å². The van der Waals surface area contributed by atoms with Gasteiger partial charge in [0.1, 0.15) is 18.9 Å². The van der Waals surface area contributed by atoms with Crippen LogP contribution >= 0.6 is 22.9 Å². The lowest BCUT2D eigenvalue weighted by atomic mass is 10.00. The first-order valence-electron chi connectivity index (χ1n) is 11.9. The Balaban J connectivity index is 1.55. The number of amides is 2. The molecule has 1 aliphatic rings. The molecule has 0 spiro atoms. The van der Waals surface area contributed by atoms with E-state index in [9.17, 15) is 9.59 Å². The molecule has 0 fully saturated rings. The predicted octanol–water partition coefficient (Wildman–Crippen LogP) is 6.01. The molecule has 0 bridgehead atoms. The third kappa shape index (κ3) is 6.06. The molecule has 184 valence electrons. The minimum Gasteiger partial charge on any atom is -0.491 e. The van der Waals surface area contributed by atoms with Gasteiger partial charge in [-0.3, -0.25) is 9.59 Å². The summed E-state index contributed by atoms with van der Waals surface area (Å²) in [6, 6.07) is 16.7. The van der Waals surface area contributed by atoms with Crippen LogP contribution in [0.3, 0.4) is 0 Å². The normalized spacial score (nSPS) is 15.1. The van der Waals surface area contributed by atoms with E-state index in [-0.39, 0.29) is 30.3 Å². The maximum Gasteiger partial charge on any atom is 0.254 e. The SMILES string of the molecule is Cc1ccccc1OCC1c2ccsc2CCN1C(=O)CN(CC(C)C)C(=O)c1cccc(Cl)c1. The van der Waals surface area contributed by atoms with Crippen molar-refractivity contribution in [1.29, 1.82) is 0 Å². The number of aryl methyl sites for hydroxylation is 1. The van der Waals surface area contributed by atoms with E-state index in [0.717, 1.165) is 23.3 Å². The second kappa shape index (κ2) is 11.3. The Kier molecular flexibility index (Phi) is 8.14. The summed E-state index contributed by atoms with van der Waals surface area (Å²) >= 11 is 7.84. The zero-order valence-corrected chi connectivity index (χ0v) is 21.9. The second-order valence-corrected chi connectivity index (χ2v) is 10.8. The van der Waals surface area contributed by atoms with Gasteiger partial charge in [0.25, 0.3) is 5.91 Å².